The summed E-state index contributed by atoms with van der Waals surface area (Å²) in [6, 6.07) is 6.73. The van der Waals surface area contributed by atoms with Gasteiger partial charge in [-0.3, -0.25) is 9.48 Å². The van der Waals surface area contributed by atoms with Gasteiger partial charge in [0.05, 0.1) is 12.3 Å². The normalized spacial score (nSPS) is 11.5. The number of aryl methyl sites for hydroxylation is 2. The number of rotatable bonds is 7. The number of amides is 1. The standard InChI is InChI=1S/C20H28FN3O2/c1-6-15-12-16(24(5)23-15)19(25)22-13-14-8-7-9-17(18(14)21)26-11-10-20(2,3)4/h7-9,12H,6,10-11,13H2,1-5H3,(H,22,25). The van der Waals surface area contributed by atoms with E-state index in [1.54, 1.807) is 31.3 Å². The molecular formula is C20H28FN3O2. The van der Waals surface area contributed by atoms with Crippen molar-refractivity contribution in [2.45, 2.75) is 47.1 Å². The molecule has 0 aliphatic carbocycles. The maximum absolute atomic E-state index is 14.6. The SMILES string of the molecule is CCc1cc(C(=O)NCc2cccc(OCCC(C)(C)C)c2F)n(C)n1. The lowest BCUT2D eigenvalue weighted by Crippen LogP contribution is -2.25. The van der Waals surface area contributed by atoms with Gasteiger partial charge in [-0.05, 0) is 30.4 Å². The van der Waals surface area contributed by atoms with E-state index in [9.17, 15) is 9.18 Å². The van der Waals surface area contributed by atoms with Gasteiger partial charge < -0.3 is 10.1 Å². The highest BCUT2D eigenvalue weighted by Gasteiger charge is 2.15. The number of nitrogens with zero attached hydrogens (tertiary/aromatic N) is 2. The lowest BCUT2D eigenvalue weighted by Gasteiger charge is -2.18. The monoisotopic (exact) mass is 361 g/mol. The van der Waals surface area contributed by atoms with E-state index in [1.807, 2.05) is 6.92 Å². The minimum absolute atomic E-state index is 0.0910. The van der Waals surface area contributed by atoms with E-state index in [2.05, 4.69) is 31.2 Å². The third-order valence-corrected chi connectivity index (χ3v) is 4.12. The first-order valence-electron chi connectivity index (χ1n) is 8.92. The Morgan fingerprint density at radius 1 is 1.35 bits per heavy atom. The van der Waals surface area contributed by atoms with E-state index in [4.69, 9.17) is 4.74 Å². The average Bonchev–Trinajstić information content (AvgIpc) is 2.95. The minimum atomic E-state index is -0.430. The molecule has 6 heteroatoms. The number of halogens is 1. The zero-order valence-electron chi connectivity index (χ0n) is 16.2. The summed E-state index contributed by atoms with van der Waals surface area (Å²) in [5.41, 5.74) is 1.82. The number of hydrogen-bond donors (Lipinski definition) is 1. The highest BCUT2D eigenvalue weighted by Crippen LogP contribution is 2.23. The van der Waals surface area contributed by atoms with E-state index in [1.165, 1.54) is 4.68 Å². The van der Waals surface area contributed by atoms with Gasteiger partial charge in [0.1, 0.15) is 5.69 Å². The second-order valence-corrected chi connectivity index (χ2v) is 7.57. The van der Waals surface area contributed by atoms with Crippen molar-refractivity contribution in [2.75, 3.05) is 6.61 Å². The Morgan fingerprint density at radius 2 is 2.08 bits per heavy atom. The third kappa shape index (κ3) is 5.31. The molecule has 5 nitrogen and oxygen atoms in total. The molecule has 0 radical (unpaired) electrons. The van der Waals surface area contributed by atoms with E-state index in [0.717, 1.165) is 18.5 Å². The molecular weight excluding hydrogens is 333 g/mol. The van der Waals surface area contributed by atoms with Crippen molar-refractivity contribution in [1.82, 2.24) is 15.1 Å². The molecule has 1 aromatic heterocycles. The van der Waals surface area contributed by atoms with Crippen LogP contribution in [0.1, 0.15) is 55.9 Å². The summed E-state index contributed by atoms with van der Waals surface area (Å²) >= 11 is 0. The summed E-state index contributed by atoms with van der Waals surface area (Å²) in [6.07, 6.45) is 1.58. The van der Waals surface area contributed by atoms with Gasteiger partial charge in [0.2, 0.25) is 0 Å². The fraction of sp³-hybridized carbons (Fsp3) is 0.500. The molecule has 0 aliphatic heterocycles. The highest BCUT2D eigenvalue weighted by molar-refractivity contribution is 5.92. The van der Waals surface area contributed by atoms with E-state index in [0.29, 0.717) is 17.9 Å². The first kappa shape index (κ1) is 19.9. The van der Waals surface area contributed by atoms with E-state index < -0.39 is 5.82 Å². The molecule has 1 amide bonds. The number of benzene rings is 1. The largest absolute Gasteiger partial charge is 0.490 e. The molecule has 2 aromatic rings. The predicted molar refractivity (Wildman–Crippen MR) is 99.7 cm³/mol. The summed E-state index contributed by atoms with van der Waals surface area (Å²) in [4.78, 5) is 12.3. The summed E-state index contributed by atoms with van der Waals surface area (Å²) in [6.45, 7) is 8.85. The lowest BCUT2D eigenvalue weighted by atomic mass is 9.93. The van der Waals surface area contributed by atoms with Crippen LogP contribution in [0, 0.1) is 11.2 Å². The number of aromatic nitrogens is 2. The van der Waals surface area contributed by atoms with Gasteiger partial charge >= 0.3 is 0 Å². The van der Waals surface area contributed by atoms with Crippen molar-refractivity contribution in [3.63, 3.8) is 0 Å². The van der Waals surface area contributed by atoms with Crippen LogP contribution in [0.2, 0.25) is 0 Å². The molecule has 0 unspecified atom stereocenters. The lowest BCUT2D eigenvalue weighted by molar-refractivity contribution is 0.0941. The van der Waals surface area contributed by atoms with Crippen LogP contribution in [0.25, 0.3) is 0 Å². The smallest absolute Gasteiger partial charge is 0.269 e. The van der Waals surface area contributed by atoms with E-state index >= 15 is 0 Å². The van der Waals surface area contributed by atoms with Gasteiger partial charge in [0.15, 0.2) is 11.6 Å². The Kier molecular flexibility index (Phi) is 6.40. The molecule has 0 saturated heterocycles. The number of carbonyl (C=O) groups excluding carboxylic acids is 1. The van der Waals surface area contributed by atoms with Crippen LogP contribution in [0.15, 0.2) is 24.3 Å². The summed E-state index contributed by atoms with van der Waals surface area (Å²) in [5, 5.41) is 7.00. The first-order chi connectivity index (χ1) is 12.2. The van der Waals surface area contributed by atoms with Crippen molar-refractivity contribution in [3.05, 3.63) is 47.0 Å². The van der Waals surface area contributed by atoms with Gasteiger partial charge in [-0.1, -0.05) is 39.8 Å². The number of ether oxygens (including phenoxy) is 1. The van der Waals surface area contributed by atoms with Gasteiger partial charge in [-0.2, -0.15) is 5.10 Å². The Bertz CT molecular complexity index is 763. The molecule has 1 aromatic carbocycles. The number of hydrogen-bond acceptors (Lipinski definition) is 3. The Labute approximate surface area is 154 Å². The molecule has 0 fully saturated rings. The van der Waals surface area contributed by atoms with Crippen LogP contribution < -0.4 is 10.1 Å². The maximum atomic E-state index is 14.6. The first-order valence-corrected chi connectivity index (χ1v) is 8.92. The Morgan fingerprint density at radius 3 is 2.69 bits per heavy atom. The zero-order valence-corrected chi connectivity index (χ0v) is 16.2. The molecule has 0 atom stereocenters. The summed E-state index contributed by atoms with van der Waals surface area (Å²) in [7, 11) is 1.72. The molecule has 142 valence electrons. The second-order valence-electron chi connectivity index (χ2n) is 7.57. The molecule has 1 N–H and O–H groups in total. The average molecular weight is 361 g/mol. The molecule has 2 rings (SSSR count). The van der Waals surface area contributed by atoms with Crippen molar-refractivity contribution in [3.8, 4) is 5.75 Å². The number of carbonyl (C=O) groups is 1. The zero-order chi connectivity index (χ0) is 19.3. The Balaban J connectivity index is 2.00. The van der Waals surface area contributed by atoms with Crippen LogP contribution in [0.4, 0.5) is 4.39 Å². The van der Waals surface area contributed by atoms with Gasteiger partial charge in [0.25, 0.3) is 5.91 Å². The van der Waals surface area contributed by atoms with Crippen LogP contribution in [0.3, 0.4) is 0 Å². The van der Waals surface area contributed by atoms with Gasteiger partial charge in [0, 0.05) is 19.2 Å². The van der Waals surface area contributed by atoms with Crippen molar-refractivity contribution < 1.29 is 13.9 Å². The summed E-state index contributed by atoms with van der Waals surface area (Å²) < 4.78 is 21.7. The molecule has 0 spiro atoms. The van der Waals surface area contributed by atoms with Crippen molar-refractivity contribution >= 4 is 5.91 Å². The van der Waals surface area contributed by atoms with Crippen molar-refractivity contribution in [1.29, 1.82) is 0 Å². The predicted octanol–water partition coefficient (Wildman–Crippen LogP) is 3.87. The fourth-order valence-corrected chi connectivity index (χ4v) is 2.45. The van der Waals surface area contributed by atoms with Crippen LogP contribution in [0.5, 0.6) is 5.75 Å². The molecule has 26 heavy (non-hydrogen) atoms. The summed E-state index contributed by atoms with van der Waals surface area (Å²) in [5.74, 6) is -0.492. The molecule has 0 aliphatic rings. The minimum Gasteiger partial charge on any atom is -0.490 e. The van der Waals surface area contributed by atoms with Gasteiger partial charge in [-0.25, -0.2) is 4.39 Å². The van der Waals surface area contributed by atoms with Crippen molar-refractivity contribution in [2.24, 2.45) is 12.5 Å². The quantitative estimate of drug-likeness (QED) is 0.814. The van der Waals surface area contributed by atoms with Gasteiger partial charge in [-0.15, -0.1) is 0 Å². The third-order valence-electron chi connectivity index (χ3n) is 4.12. The highest BCUT2D eigenvalue weighted by atomic mass is 19.1. The number of nitrogens with one attached hydrogen (secondary N) is 1. The van der Waals surface area contributed by atoms with Crippen LogP contribution in [-0.4, -0.2) is 22.3 Å². The maximum Gasteiger partial charge on any atom is 0.269 e. The van der Waals surface area contributed by atoms with Crippen LogP contribution in [-0.2, 0) is 20.0 Å². The second kappa shape index (κ2) is 8.34. The van der Waals surface area contributed by atoms with E-state index in [-0.39, 0.29) is 23.6 Å². The molecule has 0 saturated carbocycles. The molecule has 1 heterocycles. The Hall–Kier alpha value is -2.37. The molecule has 0 bridgehead atoms. The fourth-order valence-electron chi connectivity index (χ4n) is 2.45. The van der Waals surface area contributed by atoms with Crippen LogP contribution >= 0.6 is 0 Å². The topological polar surface area (TPSA) is 56.1 Å².